The minimum Gasteiger partial charge on any atom is -0.376 e. The maximum Gasteiger partial charge on any atom is 0.250 e. The van der Waals surface area contributed by atoms with Crippen LogP contribution in [-0.2, 0) is 21.3 Å². The van der Waals surface area contributed by atoms with E-state index >= 15 is 0 Å². The zero-order valence-electron chi connectivity index (χ0n) is 12.6. The van der Waals surface area contributed by atoms with Crippen LogP contribution in [0, 0.1) is 0 Å². The highest BCUT2D eigenvalue weighted by molar-refractivity contribution is 7.89. The van der Waals surface area contributed by atoms with E-state index in [-0.39, 0.29) is 16.6 Å². The molecule has 1 atom stereocenters. The van der Waals surface area contributed by atoms with Crippen LogP contribution in [0.25, 0.3) is 0 Å². The lowest BCUT2D eigenvalue weighted by molar-refractivity contribution is 0.00531. The molecule has 0 spiro atoms. The lowest BCUT2D eigenvalue weighted by atomic mass is 10.1. The molecule has 3 rings (SSSR count). The number of pyridine rings is 1. The van der Waals surface area contributed by atoms with E-state index in [1.165, 1.54) is 27.2 Å². The van der Waals surface area contributed by atoms with Crippen molar-refractivity contribution in [1.29, 1.82) is 0 Å². The molecule has 0 unspecified atom stereocenters. The monoisotopic (exact) mass is 326 g/mol. The smallest absolute Gasteiger partial charge is 0.250 e. The highest BCUT2D eigenvalue weighted by atomic mass is 32.2. The summed E-state index contributed by atoms with van der Waals surface area (Å²) in [5.74, 6) is 0. The molecule has 1 aromatic rings. The SMILES string of the molecule is O=c1ccc(S(=O)(=O)N2CCCC2)cn1C[C@H]1CCCCO1. The first kappa shape index (κ1) is 15.7. The Bertz CT molecular complexity index is 671. The molecule has 0 radical (unpaired) electrons. The summed E-state index contributed by atoms with van der Waals surface area (Å²) in [7, 11) is -3.49. The number of hydrogen-bond acceptors (Lipinski definition) is 4. The first-order valence-corrected chi connectivity index (χ1v) is 9.33. The average molecular weight is 326 g/mol. The molecule has 0 N–H and O–H groups in total. The second-order valence-electron chi connectivity index (χ2n) is 5.96. The maximum absolute atomic E-state index is 12.6. The van der Waals surface area contributed by atoms with E-state index in [9.17, 15) is 13.2 Å². The zero-order valence-corrected chi connectivity index (χ0v) is 13.4. The van der Waals surface area contributed by atoms with Gasteiger partial charge in [0, 0.05) is 32.0 Å². The van der Waals surface area contributed by atoms with Gasteiger partial charge >= 0.3 is 0 Å². The Morgan fingerprint density at radius 2 is 1.91 bits per heavy atom. The lowest BCUT2D eigenvalue weighted by Gasteiger charge is -2.23. The molecule has 3 heterocycles. The van der Waals surface area contributed by atoms with E-state index in [0.717, 1.165) is 32.1 Å². The van der Waals surface area contributed by atoms with Gasteiger partial charge in [0.1, 0.15) is 0 Å². The summed E-state index contributed by atoms with van der Waals surface area (Å²) in [6.07, 6.45) is 6.31. The van der Waals surface area contributed by atoms with E-state index < -0.39 is 10.0 Å². The molecule has 6 nitrogen and oxygen atoms in total. The topological polar surface area (TPSA) is 68.6 Å². The van der Waals surface area contributed by atoms with Crippen molar-refractivity contribution in [3.63, 3.8) is 0 Å². The molecule has 0 bridgehead atoms. The molecule has 0 amide bonds. The Balaban J connectivity index is 1.84. The van der Waals surface area contributed by atoms with E-state index in [1.54, 1.807) is 0 Å². The Morgan fingerprint density at radius 1 is 1.14 bits per heavy atom. The van der Waals surface area contributed by atoms with Gasteiger partial charge in [-0.05, 0) is 38.2 Å². The Labute approximate surface area is 130 Å². The van der Waals surface area contributed by atoms with Crippen molar-refractivity contribution in [3.05, 3.63) is 28.7 Å². The van der Waals surface area contributed by atoms with Gasteiger partial charge in [-0.15, -0.1) is 0 Å². The fraction of sp³-hybridized carbons (Fsp3) is 0.667. The van der Waals surface area contributed by atoms with Crippen LogP contribution in [0.1, 0.15) is 32.1 Å². The average Bonchev–Trinajstić information content (AvgIpc) is 3.05. The molecule has 0 aromatic carbocycles. The molecular formula is C15H22N2O4S. The van der Waals surface area contributed by atoms with Crippen molar-refractivity contribution in [1.82, 2.24) is 8.87 Å². The maximum atomic E-state index is 12.6. The third-order valence-corrected chi connectivity index (χ3v) is 6.22. The van der Waals surface area contributed by atoms with Gasteiger partial charge in [-0.2, -0.15) is 4.31 Å². The predicted molar refractivity (Wildman–Crippen MR) is 82.3 cm³/mol. The van der Waals surface area contributed by atoms with Crippen LogP contribution in [0.5, 0.6) is 0 Å². The number of sulfonamides is 1. The molecule has 2 aliphatic rings. The van der Waals surface area contributed by atoms with Crippen LogP contribution < -0.4 is 5.56 Å². The third-order valence-electron chi connectivity index (χ3n) is 4.33. The zero-order chi connectivity index (χ0) is 15.6. The van der Waals surface area contributed by atoms with E-state index in [1.807, 2.05) is 0 Å². The minimum absolute atomic E-state index is 0.00353. The van der Waals surface area contributed by atoms with Gasteiger partial charge in [-0.3, -0.25) is 4.79 Å². The molecule has 0 saturated carbocycles. The summed E-state index contributed by atoms with van der Waals surface area (Å²) >= 11 is 0. The van der Waals surface area contributed by atoms with Crippen molar-refractivity contribution < 1.29 is 13.2 Å². The van der Waals surface area contributed by atoms with Crippen LogP contribution in [0.2, 0.25) is 0 Å². The van der Waals surface area contributed by atoms with Crippen LogP contribution in [-0.4, -0.2) is 43.1 Å². The van der Waals surface area contributed by atoms with E-state index in [0.29, 0.717) is 26.2 Å². The van der Waals surface area contributed by atoms with Crippen LogP contribution in [0.4, 0.5) is 0 Å². The molecule has 1 aromatic heterocycles. The Morgan fingerprint density at radius 3 is 2.59 bits per heavy atom. The van der Waals surface area contributed by atoms with Gasteiger partial charge in [0.2, 0.25) is 10.0 Å². The van der Waals surface area contributed by atoms with Crippen LogP contribution in [0.3, 0.4) is 0 Å². The summed E-state index contributed by atoms with van der Waals surface area (Å²) in [6.45, 7) is 2.26. The number of nitrogens with zero attached hydrogens (tertiary/aromatic N) is 2. The summed E-state index contributed by atoms with van der Waals surface area (Å²) in [6, 6.07) is 2.75. The standard InChI is InChI=1S/C15H22N2O4S/c18-15-7-6-14(22(19,20)17-8-2-3-9-17)12-16(15)11-13-5-1-4-10-21-13/h6-7,12-13H,1-5,8-11H2/t13-/m1/s1. The lowest BCUT2D eigenvalue weighted by Crippen LogP contribution is -2.32. The summed E-state index contributed by atoms with van der Waals surface area (Å²) in [5.41, 5.74) is -0.186. The van der Waals surface area contributed by atoms with Gasteiger partial charge in [-0.1, -0.05) is 0 Å². The molecule has 2 fully saturated rings. The normalized spacial score (nSPS) is 23.7. The Kier molecular flexibility index (Phi) is 4.65. The van der Waals surface area contributed by atoms with E-state index in [4.69, 9.17) is 4.74 Å². The minimum atomic E-state index is -3.49. The first-order valence-electron chi connectivity index (χ1n) is 7.89. The van der Waals surface area contributed by atoms with Gasteiger partial charge in [-0.25, -0.2) is 8.42 Å². The van der Waals surface area contributed by atoms with Crippen molar-refractivity contribution in [3.8, 4) is 0 Å². The van der Waals surface area contributed by atoms with Gasteiger partial charge in [0.15, 0.2) is 0 Å². The molecule has 0 aliphatic carbocycles. The largest absolute Gasteiger partial charge is 0.376 e. The summed E-state index contributed by atoms with van der Waals surface area (Å²) in [4.78, 5) is 12.2. The first-order chi connectivity index (χ1) is 10.6. The molecule has 2 aliphatic heterocycles. The number of ether oxygens (including phenoxy) is 1. The van der Waals surface area contributed by atoms with Crippen molar-refractivity contribution >= 4 is 10.0 Å². The molecule has 122 valence electrons. The molecular weight excluding hydrogens is 304 g/mol. The highest BCUT2D eigenvalue weighted by Crippen LogP contribution is 2.20. The number of hydrogen-bond donors (Lipinski definition) is 0. The molecule has 7 heteroatoms. The predicted octanol–water partition coefficient (Wildman–Crippen LogP) is 1.20. The second kappa shape index (κ2) is 6.52. The molecule has 2 saturated heterocycles. The van der Waals surface area contributed by atoms with Gasteiger partial charge in [0.05, 0.1) is 17.5 Å². The van der Waals surface area contributed by atoms with Crippen molar-refractivity contribution in [2.24, 2.45) is 0 Å². The Hall–Kier alpha value is -1.18. The van der Waals surface area contributed by atoms with Crippen molar-refractivity contribution in [2.75, 3.05) is 19.7 Å². The van der Waals surface area contributed by atoms with Crippen molar-refractivity contribution in [2.45, 2.75) is 49.6 Å². The second-order valence-corrected chi connectivity index (χ2v) is 7.89. The number of aromatic nitrogens is 1. The van der Waals surface area contributed by atoms with Gasteiger partial charge in [0.25, 0.3) is 5.56 Å². The fourth-order valence-corrected chi connectivity index (χ4v) is 4.59. The summed E-state index contributed by atoms with van der Waals surface area (Å²) in [5, 5.41) is 0. The third kappa shape index (κ3) is 3.26. The van der Waals surface area contributed by atoms with Crippen LogP contribution >= 0.6 is 0 Å². The van der Waals surface area contributed by atoms with E-state index in [2.05, 4.69) is 0 Å². The fourth-order valence-electron chi connectivity index (χ4n) is 3.05. The van der Waals surface area contributed by atoms with Crippen LogP contribution in [0.15, 0.2) is 28.0 Å². The highest BCUT2D eigenvalue weighted by Gasteiger charge is 2.28. The van der Waals surface area contributed by atoms with Gasteiger partial charge < -0.3 is 9.30 Å². The summed E-state index contributed by atoms with van der Waals surface area (Å²) < 4.78 is 33.7. The molecule has 22 heavy (non-hydrogen) atoms. The quantitative estimate of drug-likeness (QED) is 0.834. The number of rotatable bonds is 4.